The van der Waals surface area contributed by atoms with E-state index in [1.807, 2.05) is 4.90 Å². The zero-order chi connectivity index (χ0) is 20.8. The molecule has 1 saturated heterocycles. The second kappa shape index (κ2) is 7.72. The first-order valence-electron chi connectivity index (χ1n) is 9.46. The van der Waals surface area contributed by atoms with E-state index in [1.165, 1.54) is 11.8 Å². The fourth-order valence-corrected chi connectivity index (χ4v) is 5.82. The molecule has 1 aliphatic heterocycles. The van der Waals surface area contributed by atoms with Crippen LogP contribution in [0.15, 0.2) is 33.2 Å². The molecule has 1 aliphatic carbocycles. The fourth-order valence-electron chi connectivity index (χ4n) is 4.58. The summed E-state index contributed by atoms with van der Waals surface area (Å²) in [6, 6.07) is 1.58. The number of halogens is 3. The molecule has 4 rings (SSSR count). The minimum atomic E-state index is -1.20. The summed E-state index contributed by atoms with van der Waals surface area (Å²) in [5.41, 5.74) is 4.63. The minimum absolute atomic E-state index is 0.137. The molecule has 156 valence electrons. The third-order valence-electron chi connectivity index (χ3n) is 5.99. The summed E-state index contributed by atoms with van der Waals surface area (Å²) in [6.07, 6.45) is 5.57. The van der Waals surface area contributed by atoms with Gasteiger partial charge in [0.15, 0.2) is 5.82 Å². The first-order valence-corrected chi connectivity index (χ1v) is 11.0. The third kappa shape index (κ3) is 4.13. The van der Waals surface area contributed by atoms with Crippen LogP contribution >= 0.6 is 35.0 Å². The van der Waals surface area contributed by atoms with Crippen molar-refractivity contribution in [2.75, 3.05) is 18.0 Å². The second-order valence-corrected chi connectivity index (χ2v) is 9.99. The highest BCUT2D eigenvalue weighted by atomic mass is 35.5. The highest BCUT2D eigenvalue weighted by Gasteiger charge is 2.52. The summed E-state index contributed by atoms with van der Waals surface area (Å²) in [7, 11) is 0. The van der Waals surface area contributed by atoms with Crippen molar-refractivity contribution >= 4 is 40.8 Å². The van der Waals surface area contributed by atoms with Crippen molar-refractivity contribution in [3.05, 3.63) is 39.0 Å². The Labute approximate surface area is 182 Å². The van der Waals surface area contributed by atoms with Crippen LogP contribution in [0.1, 0.15) is 32.6 Å². The van der Waals surface area contributed by atoms with Gasteiger partial charge < -0.3 is 15.6 Å². The van der Waals surface area contributed by atoms with Gasteiger partial charge >= 0.3 is 0 Å². The molecule has 3 N–H and O–H groups in total. The van der Waals surface area contributed by atoms with Gasteiger partial charge in [0, 0.05) is 30.2 Å². The first-order chi connectivity index (χ1) is 13.7. The number of aromatic amines is 1. The Bertz CT molecular complexity index is 977. The minimum Gasteiger partial charge on any atom is -0.352 e. The summed E-state index contributed by atoms with van der Waals surface area (Å²) < 4.78 is 14.5. The maximum absolute atomic E-state index is 14.5. The van der Waals surface area contributed by atoms with Crippen LogP contribution < -0.4 is 16.2 Å². The Morgan fingerprint density at radius 1 is 1.34 bits per heavy atom. The largest absolute Gasteiger partial charge is 0.352 e. The van der Waals surface area contributed by atoms with Gasteiger partial charge in [-0.05, 0) is 44.1 Å². The van der Waals surface area contributed by atoms with E-state index in [-0.39, 0.29) is 22.2 Å². The molecule has 0 amide bonds. The number of piperidine rings is 1. The number of nitrogens with two attached hydrogens (primary N) is 1. The van der Waals surface area contributed by atoms with Crippen molar-refractivity contribution in [2.24, 2.45) is 11.1 Å². The van der Waals surface area contributed by atoms with Gasteiger partial charge in [-0.2, -0.15) is 0 Å². The smallest absolute Gasteiger partial charge is 0.291 e. The van der Waals surface area contributed by atoms with E-state index >= 15 is 0 Å². The van der Waals surface area contributed by atoms with Gasteiger partial charge in [-0.25, -0.2) is 14.4 Å². The number of hydrogen-bond acceptors (Lipinski definition) is 6. The summed E-state index contributed by atoms with van der Waals surface area (Å²) >= 11 is 13.4. The maximum atomic E-state index is 14.5. The molecule has 2 aliphatic rings. The predicted octanol–water partition coefficient (Wildman–Crippen LogP) is 4.06. The van der Waals surface area contributed by atoms with Gasteiger partial charge in [-0.3, -0.25) is 4.79 Å². The molecule has 0 radical (unpaired) electrons. The molecule has 29 heavy (non-hydrogen) atoms. The Kier molecular flexibility index (Phi) is 5.57. The molecule has 0 bridgehead atoms. The van der Waals surface area contributed by atoms with E-state index in [1.54, 1.807) is 25.4 Å². The van der Waals surface area contributed by atoms with Gasteiger partial charge in [-0.1, -0.05) is 35.0 Å². The van der Waals surface area contributed by atoms with Crippen molar-refractivity contribution in [3.8, 4) is 0 Å². The number of aromatic nitrogens is 3. The Balaban J connectivity index is 1.47. The highest BCUT2D eigenvalue weighted by Crippen LogP contribution is 2.51. The van der Waals surface area contributed by atoms with Crippen LogP contribution in [0, 0.1) is 5.41 Å². The van der Waals surface area contributed by atoms with Crippen LogP contribution in [-0.4, -0.2) is 39.8 Å². The number of nitrogens with zero attached hydrogens (tertiary/aromatic N) is 3. The molecular formula is C19H22Cl2FN5OS. The molecule has 2 aromatic heterocycles. The standard InChI is InChI=1S/C19H22Cl2FN5OS/c1-18(22)8-12(23)19(10-18)3-6-27(7-4-19)16-17(28)26-13(9-25-16)29-11-2-5-24-15(21)14(11)20/h2,5,9,12H,3-4,6-8,10,23H2,1H3,(H,26,28)/t12-,18?/m1/s1. The number of alkyl halides is 1. The van der Waals surface area contributed by atoms with E-state index in [9.17, 15) is 9.18 Å². The molecule has 3 heterocycles. The van der Waals surface area contributed by atoms with Crippen LogP contribution in [0.2, 0.25) is 10.2 Å². The van der Waals surface area contributed by atoms with Gasteiger partial charge in [0.25, 0.3) is 5.56 Å². The second-order valence-electron chi connectivity index (χ2n) is 8.17. The summed E-state index contributed by atoms with van der Waals surface area (Å²) in [5, 5.41) is 1.10. The van der Waals surface area contributed by atoms with Crippen LogP contribution in [-0.2, 0) is 0 Å². The molecule has 0 aromatic carbocycles. The average molecular weight is 458 g/mol. The van der Waals surface area contributed by atoms with E-state index < -0.39 is 5.67 Å². The maximum Gasteiger partial charge on any atom is 0.291 e. The molecular weight excluding hydrogens is 436 g/mol. The zero-order valence-corrected chi connectivity index (χ0v) is 18.2. The number of anilines is 1. The number of rotatable bonds is 3. The molecule has 6 nitrogen and oxygen atoms in total. The van der Waals surface area contributed by atoms with Crippen LogP contribution in [0.5, 0.6) is 0 Å². The molecule has 1 spiro atoms. The van der Waals surface area contributed by atoms with Gasteiger partial charge in [0.1, 0.15) is 10.8 Å². The molecule has 1 unspecified atom stereocenters. The molecule has 1 saturated carbocycles. The van der Waals surface area contributed by atoms with Crippen molar-refractivity contribution in [1.29, 1.82) is 0 Å². The number of nitrogens with one attached hydrogen (secondary N) is 1. The summed E-state index contributed by atoms with van der Waals surface area (Å²) in [4.78, 5) is 26.4. The number of hydrogen-bond donors (Lipinski definition) is 2. The zero-order valence-electron chi connectivity index (χ0n) is 15.9. The molecule has 2 aromatic rings. The van der Waals surface area contributed by atoms with Crippen LogP contribution in [0.4, 0.5) is 10.2 Å². The quantitative estimate of drug-likeness (QED) is 0.675. The summed E-state index contributed by atoms with van der Waals surface area (Å²) in [6.45, 7) is 2.91. The first kappa shape index (κ1) is 20.9. The molecule has 10 heteroatoms. The number of pyridine rings is 1. The van der Waals surface area contributed by atoms with Gasteiger partial charge in [-0.15, -0.1) is 0 Å². The van der Waals surface area contributed by atoms with Crippen LogP contribution in [0.25, 0.3) is 0 Å². The SMILES string of the molecule is CC1(F)C[C@@H](N)C2(CCN(c3ncc(Sc4ccnc(Cl)c4Cl)[nH]c3=O)CC2)C1. The lowest BCUT2D eigenvalue weighted by Gasteiger charge is -2.42. The molecule has 2 atom stereocenters. The van der Waals surface area contributed by atoms with Crippen molar-refractivity contribution < 1.29 is 4.39 Å². The van der Waals surface area contributed by atoms with E-state index in [0.717, 1.165) is 12.8 Å². The Hall–Kier alpha value is -1.35. The monoisotopic (exact) mass is 457 g/mol. The lowest BCUT2D eigenvalue weighted by molar-refractivity contribution is 0.142. The topological polar surface area (TPSA) is 87.9 Å². The number of H-pyrrole nitrogens is 1. The Morgan fingerprint density at radius 3 is 2.69 bits per heavy atom. The van der Waals surface area contributed by atoms with Crippen molar-refractivity contribution in [3.63, 3.8) is 0 Å². The third-order valence-corrected chi connectivity index (χ3v) is 7.85. The highest BCUT2D eigenvalue weighted by molar-refractivity contribution is 7.99. The van der Waals surface area contributed by atoms with E-state index in [0.29, 0.717) is 46.7 Å². The Morgan fingerprint density at radius 2 is 2.07 bits per heavy atom. The molecule has 2 fully saturated rings. The van der Waals surface area contributed by atoms with Gasteiger partial charge in [0.05, 0.1) is 16.2 Å². The van der Waals surface area contributed by atoms with Crippen molar-refractivity contribution in [1.82, 2.24) is 15.0 Å². The predicted molar refractivity (Wildman–Crippen MR) is 114 cm³/mol. The lowest BCUT2D eigenvalue weighted by atomic mass is 9.74. The van der Waals surface area contributed by atoms with E-state index in [4.69, 9.17) is 28.9 Å². The van der Waals surface area contributed by atoms with E-state index in [2.05, 4.69) is 15.0 Å². The van der Waals surface area contributed by atoms with Gasteiger partial charge in [0.2, 0.25) is 0 Å². The normalized spacial score (nSPS) is 26.2. The summed E-state index contributed by atoms with van der Waals surface area (Å²) in [5.74, 6) is 0.373. The van der Waals surface area contributed by atoms with Crippen molar-refractivity contribution in [2.45, 2.75) is 54.2 Å². The lowest BCUT2D eigenvalue weighted by Crippen LogP contribution is -2.48. The fraction of sp³-hybridized carbons (Fsp3) is 0.526. The van der Waals surface area contributed by atoms with Crippen LogP contribution in [0.3, 0.4) is 0 Å². The average Bonchev–Trinajstić information content (AvgIpc) is 2.88.